The molecule has 0 N–H and O–H groups in total. The van der Waals surface area contributed by atoms with Crippen LogP contribution in [0, 0.1) is 6.92 Å². The monoisotopic (exact) mass is 1050 g/mol. The van der Waals surface area contributed by atoms with Crippen LogP contribution in [0.1, 0.15) is 27.8 Å². The summed E-state index contributed by atoms with van der Waals surface area (Å²) in [6.07, 6.45) is 0. The van der Waals surface area contributed by atoms with Crippen molar-refractivity contribution in [3.8, 4) is 22.3 Å². The molecule has 0 unspecified atom stereocenters. The summed E-state index contributed by atoms with van der Waals surface area (Å²) in [6.45, 7) is 2.24. The van der Waals surface area contributed by atoms with Crippen LogP contribution in [0.25, 0.3) is 33.0 Å². The minimum Gasteiger partial charge on any atom is -0.311 e. The molecule has 2 aliphatic carbocycles. The predicted octanol–water partition coefficient (Wildman–Crippen LogP) is 21.4. The summed E-state index contributed by atoms with van der Waals surface area (Å²) in [7, 11) is 0. The normalized spacial score (nSPS) is 12.3. The fourth-order valence-corrected chi connectivity index (χ4v) is 13.1. The zero-order valence-corrected chi connectivity index (χ0v) is 45.4. The van der Waals surface area contributed by atoms with Gasteiger partial charge in [0.2, 0.25) is 0 Å². The number of aryl methyl sites for hydroxylation is 1. The van der Waals surface area contributed by atoms with E-state index in [0.29, 0.717) is 0 Å². The Hall–Kier alpha value is -10.7. The molecule has 0 saturated carbocycles. The van der Waals surface area contributed by atoms with Gasteiger partial charge >= 0.3 is 0 Å². The summed E-state index contributed by atoms with van der Waals surface area (Å²) < 4.78 is 0. The molecule has 4 heteroatoms. The van der Waals surface area contributed by atoms with Gasteiger partial charge in [0, 0.05) is 68.2 Å². The highest BCUT2D eigenvalue weighted by atomic mass is 15.2. The fraction of sp³-hybridized carbons (Fsp3) is 0.0256. The van der Waals surface area contributed by atoms with Crippen LogP contribution in [0.3, 0.4) is 0 Å². The van der Waals surface area contributed by atoms with Crippen LogP contribution in [-0.2, 0) is 5.41 Å². The SMILES string of the molecule is Cc1ccc2c(c1)C1(c3ccc(N(c4ccccc4)c4ccc(N(c5ccccc5)c5ccccc5)cc4)cc3-c3cc(N(c4ccccc4)c4ccc(N(c5ccccc5)c5ccccc5)cc4)ccc31)c1ccc3ccccc3c1-2. The van der Waals surface area contributed by atoms with E-state index in [1.165, 1.54) is 60.8 Å². The molecule has 0 aliphatic heterocycles. The minimum atomic E-state index is -0.586. The van der Waals surface area contributed by atoms with Crippen LogP contribution in [-0.4, -0.2) is 0 Å². The van der Waals surface area contributed by atoms with Gasteiger partial charge in [-0.15, -0.1) is 0 Å². The molecule has 13 aromatic carbocycles. The van der Waals surface area contributed by atoms with E-state index in [4.69, 9.17) is 0 Å². The quantitative estimate of drug-likeness (QED) is 0.121. The minimum absolute atomic E-state index is 0.586. The third-order valence-corrected chi connectivity index (χ3v) is 16.6. The molecule has 0 amide bonds. The molecule has 388 valence electrons. The Morgan fingerprint density at radius 1 is 0.220 bits per heavy atom. The van der Waals surface area contributed by atoms with Crippen molar-refractivity contribution in [1.82, 2.24) is 0 Å². The fourth-order valence-electron chi connectivity index (χ4n) is 13.1. The Bertz CT molecular complexity index is 4140. The molecule has 4 nitrogen and oxygen atoms in total. The number of hydrogen-bond acceptors (Lipinski definition) is 4. The number of fused-ring (bicyclic) bond motifs is 12. The van der Waals surface area contributed by atoms with Crippen LogP contribution in [0.2, 0.25) is 0 Å². The first kappa shape index (κ1) is 48.4. The second-order valence-electron chi connectivity index (χ2n) is 21.4. The molecule has 0 saturated heterocycles. The van der Waals surface area contributed by atoms with Gasteiger partial charge in [0.25, 0.3) is 0 Å². The Kier molecular flexibility index (Phi) is 11.9. The van der Waals surface area contributed by atoms with E-state index in [0.717, 1.165) is 68.2 Å². The summed E-state index contributed by atoms with van der Waals surface area (Å²) in [5.41, 5.74) is 23.9. The zero-order chi connectivity index (χ0) is 54.6. The summed E-state index contributed by atoms with van der Waals surface area (Å²) in [5.74, 6) is 0. The highest BCUT2D eigenvalue weighted by Crippen LogP contribution is 2.65. The highest BCUT2D eigenvalue weighted by molar-refractivity contribution is 6.07. The number of anilines is 12. The molecule has 0 aromatic heterocycles. The standard InChI is InChI=1S/C78H56N4/c1-55-36-48-70-76(52-55)78(75-49-37-56-22-20-21-35-69(56)77(70)75)73-50-46-67(81(61-31-16-6-17-32-61)65-42-38-63(39-43-65)79(57-23-8-2-9-24-57)58-25-10-3-11-26-58)53-71(73)72-54-68(47-51-74(72)78)82(62-33-18-7-19-34-62)66-44-40-64(41-45-66)80(59-27-12-4-13-28-59)60-29-14-5-15-30-60/h2-54H,1H3. The summed E-state index contributed by atoms with van der Waals surface area (Å²) in [5, 5.41) is 2.52. The van der Waals surface area contributed by atoms with Crippen molar-refractivity contribution in [2.45, 2.75) is 12.3 Å². The second-order valence-corrected chi connectivity index (χ2v) is 21.4. The van der Waals surface area contributed by atoms with Crippen molar-refractivity contribution in [2.24, 2.45) is 0 Å². The van der Waals surface area contributed by atoms with Gasteiger partial charge in [0.05, 0.1) is 5.41 Å². The van der Waals surface area contributed by atoms with Gasteiger partial charge in [0.1, 0.15) is 0 Å². The lowest BCUT2D eigenvalue weighted by Gasteiger charge is -2.32. The summed E-state index contributed by atoms with van der Waals surface area (Å²) >= 11 is 0. The van der Waals surface area contributed by atoms with Crippen LogP contribution in [0.5, 0.6) is 0 Å². The Morgan fingerprint density at radius 3 is 0.902 bits per heavy atom. The molecule has 0 heterocycles. The number of benzene rings is 13. The lowest BCUT2D eigenvalue weighted by atomic mass is 9.70. The van der Waals surface area contributed by atoms with E-state index in [1.807, 2.05) is 0 Å². The molecular weight excluding hydrogens is 993 g/mol. The average molecular weight is 1050 g/mol. The van der Waals surface area contributed by atoms with E-state index in [9.17, 15) is 0 Å². The molecule has 0 radical (unpaired) electrons. The van der Waals surface area contributed by atoms with Gasteiger partial charge in [-0.1, -0.05) is 181 Å². The van der Waals surface area contributed by atoms with E-state index in [1.54, 1.807) is 0 Å². The molecule has 0 fully saturated rings. The number of hydrogen-bond donors (Lipinski definition) is 0. The molecular formula is C78H56N4. The van der Waals surface area contributed by atoms with Crippen molar-refractivity contribution < 1.29 is 0 Å². The molecule has 82 heavy (non-hydrogen) atoms. The first-order valence-electron chi connectivity index (χ1n) is 28.2. The molecule has 15 rings (SSSR count). The Labute approximate surface area is 479 Å². The maximum Gasteiger partial charge on any atom is 0.0725 e. The average Bonchev–Trinajstić information content (AvgIpc) is 1.80. The van der Waals surface area contributed by atoms with Gasteiger partial charge in [0.15, 0.2) is 0 Å². The van der Waals surface area contributed by atoms with Crippen molar-refractivity contribution in [3.63, 3.8) is 0 Å². The second kappa shape index (κ2) is 20.2. The summed E-state index contributed by atoms with van der Waals surface area (Å²) in [6, 6.07) is 117. The van der Waals surface area contributed by atoms with Gasteiger partial charge in [-0.05, 0) is 208 Å². The van der Waals surface area contributed by atoms with Crippen molar-refractivity contribution in [2.75, 3.05) is 19.6 Å². The van der Waals surface area contributed by atoms with Crippen LogP contribution in [0.15, 0.2) is 322 Å². The number of nitrogens with zero attached hydrogens (tertiary/aromatic N) is 4. The first-order chi connectivity index (χ1) is 40.6. The maximum absolute atomic E-state index is 2.46. The third kappa shape index (κ3) is 8.06. The molecule has 1 spiro atoms. The largest absolute Gasteiger partial charge is 0.311 e. The van der Waals surface area contributed by atoms with Crippen LogP contribution < -0.4 is 19.6 Å². The van der Waals surface area contributed by atoms with Crippen molar-refractivity contribution in [3.05, 3.63) is 349 Å². The topological polar surface area (TPSA) is 13.0 Å². The van der Waals surface area contributed by atoms with Crippen LogP contribution >= 0.6 is 0 Å². The predicted molar refractivity (Wildman–Crippen MR) is 344 cm³/mol. The third-order valence-electron chi connectivity index (χ3n) is 16.6. The molecule has 0 bridgehead atoms. The van der Waals surface area contributed by atoms with E-state index >= 15 is 0 Å². The van der Waals surface area contributed by atoms with Gasteiger partial charge in [-0.3, -0.25) is 0 Å². The Morgan fingerprint density at radius 2 is 0.524 bits per heavy atom. The van der Waals surface area contributed by atoms with Gasteiger partial charge in [-0.2, -0.15) is 0 Å². The maximum atomic E-state index is 2.46. The Balaban J connectivity index is 0.926. The highest BCUT2D eigenvalue weighted by Gasteiger charge is 2.52. The molecule has 2 aliphatic rings. The molecule has 13 aromatic rings. The molecule has 0 atom stereocenters. The lowest BCUT2D eigenvalue weighted by molar-refractivity contribution is 0.793. The first-order valence-corrected chi connectivity index (χ1v) is 28.2. The van der Waals surface area contributed by atoms with E-state index in [2.05, 4.69) is 348 Å². The zero-order valence-electron chi connectivity index (χ0n) is 45.4. The summed E-state index contributed by atoms with van der Waals surface area (Å²) in [4.78, 5) is 9.46. The smallest absolute Gasteiger partial charge is 0.0725 e. The van der Waals surface area contributed by atoms with Gasteiger partial charge in [-0.25, -0.2) is 0 Å². The van der Waals surface area contributed by atoms with E-state index in [-0.39, 0.29) is 0 Å². The number of para-hydroxylation sites is 6. The van der Waals surface area contributed by atoms with Crippen molar-refractivity contribution >= 4 is 79.0 Å². The van der Waals surface area contributed by atoms with Crippen LogP contribution in [0.4, 0.5) is 68.2 Å². The number of rotatable bonds is 12. The van der Waals surface area contributed by atoms with Gasteiger partial charge < -0.3 is 19.6 Å². The van der Waals surface area contributed by atoms with E-state index < -0.39 is 5.41 Å². The lowest BCUT2D eigenvalue weighted by Crippen LogP contribution is -2.26. The van der Waals surface area contributed by atoms with Crippen molar-refractivity contribution in [1.29, 1.82) is 0 Å².